The van der Waals surface area contributed by atoms with Gasteiger partial charge >= 0.3 is 0 Å². The zero-order valence-electron chi connectivity index (χ0n) is 9.24. The third-order valence-corrected chi connectivity index (χ3v) is 2.54. The average molecular weight is 234 g/mol. The van der Waals surface area contributed by atoms with Crippen LogP contribution in [0.15, 0.2) is 24.4 Å². The maximum absolute atomic E-state index is 5.79. The Morgan fingerprint density at radius 1 is 1.25 bits per heavy atom. The second-order valence-electron chi connectivity index (χ2n) is 3.63. The van der Waals surface area contributed by atoms with E-state index in [9.17, 15) is 0 Å². The molecule has 0 saturated heterocycles. The molecule has 0 saturated carbocycles. The zero-order valence-corrected chi connectivity index (χ0v) is 9.99. The molecule has 2 rings (SSSR count). The van der Waals surface area contributed by atoms with Crippen LogP contribution in [-0.2, 0) is 5.88 Å². The highest BCUT2D eigenvalue weighted by molar-refractivity contribution is 6.16. The van der Waals surface area contributed by atoms with E-state index in [-0.39, 0.29) is 0 Å². The number of aryl methyl sites for hydroxylation is 2. The number of halogens is 1. The number of pyridine rings is 1. The fourth-order valence-electron chi connectivity index (χ4n) is 1.53. The maximum Gasteiger partial charge on any atom is 0.178 e. The van der Waals surface area contributed by atoms with Crippen molar-refractivity contribution >= 4 is 11.6 Å². The van der Waals surface area contributed by atoms with Crippen molar-refractivity contribution in [1.29, 1.82) is 0 Å². The molecule has 0 spiro atoms. The maximum atomic E-state index is 5.79. The highest BCUT2D eigenvalue weighted by atomic mass is 35.5. The van der Waals surface area contributed by atoms with Crippen molar-refractivity contribution in [3.63, 3.8) is 0 Å². The lowest BCUT2D eigenvalue weighted by molar-refractivity contribution is 1.03. The van der Waals surface area contributed by atoms with Crippen LogP contribution in [0.2, 0.25) is 0 Å². The number of alkyl halides is 1. The lowest BCUT2D eigenvalue weighted by Crippen LogP contribution is -1.99. The van der Waals surface area contributed by atoms with Crippen molar-refractivity contribution in [3.05, 3.63) is 41.3 Å². The van der Waals surface area contributed by atoms with Crippen LogP contribution in [0.3, 0.4) is 0 Å². The third-order valence-electron chi connectivity index (χ3n) is 2.27. The van der Waals surface area contributed by atoms with Crippen molar-refractivity contribution in [2.75, 3.05) is 0 Å². The molecule has 0 atom stereocenters. The highest BCUT2D eigenvalue weighted by Crippen LogP contribution is 2.17. The van der Waals surface area contributed by atoms with Gasteiger partial charge in [0.2, 0.25) is 0 Å². The first kappa shape index (κ1) is 11.0. The number of hydrogen-bond acceptors (Lipinski definition) is 3. The van der Waals surface area contributed by atoms with E-state index in [1.54, 1.807) is 6.20 Å². The zero-order chi connectivity index (χ0) is 11.5. The summed E-state index contributed by atoms with van der Waals surface area (Å²) in [5, 5.41) is 0. The molecule has 0 N–H and O–H groups in total. The van der Waals surface area contributed by atoms with Gasteiger partial charge in [-0.2, -0.15) is 0 Å². The first-order valence-corrected chi connectivity index (χ1v) is 5.56. The van der Waals surface area contributed by atoms with E-state index >= 15 is 0 Å². The molecule has 16 heavy (non-hydrogen) atoms. The molecule has 0 amide bonds. The molecule has 0 unspecified atom stereocenters. The summed E-state index contributed by atoms with van der Waals surface area (Å²) < 4.78 is 0. The number of aromatic nitrogens is 3. The lowest BCUT2D eigenvalue weighted by atomic mass is 10.2. The topological polar surface area (TPSA) is 38.7 Å². The van der Waals surface area contributed by atoms with Gasteiger partial charge in [-0.05, 0) is 31.5 Å². The summed E-state index contributed by atoms with van der Waals surface area (Å²) in [7, 11) is 0. The van der Waals surface area contributed by atoms with Crippen LogP contribution in [0.5, 0.6) is 0 Å². The number of nitrogens with zero attached hydrogens (tertiary/aromatic N) is 3. The summed E-state index contributed by atoms with van der Waals surface area (Å²) >= 11 is 5.79. The van der Waals surface area contributed by atoms with Gasteiger partial charge in [0, 0.05) is 11.9 Å². The molecule has 2 heterocycles. The minimum atomic E-state index is 0.391. The van der Waals surface area contributed by atoms with Gasteiger partial charge in [-0.25, -0.2) is 9.97 Å². The largest absolute Gasteiger partial charge is 0.253 e. The van der Waals surface area contributed by atoms with E-state index in [0.29, 0.717) is 11.7 Å². The second-order valence-corrected chi connectivity index (χ2v) is 3.89. The molecule has 3 nitrogen and oxygen atoms in total. The number of rotatable bonds is 2. The normalized spacial score (nSPS) is 10.4. The number of hydrogen-bond donors (Lipinski definition) is 0. The molecule has 0 aliphatic rings. The van der Waals surface area contributed by atoms with Crippen LogP contribution < -0.4 is 0 Å². The van der Waals surface area contributed by atoms with Gasteiger partial charge in [-0.3, -0.25) is 4.98 Å². The molecule has 82 valence electrons. The van der Waals surface area contributed by atoms with Gasteiger partial charge in [0.05, 0.1) is 11.6 Å². The molecule has 4 heteroatoms. The first-order chi connectivity index (χ1) is 7.70. The SMILES string of the molecule is Cc1cc(CCl)nc(-c2ncccc2C)n1. The summed E-state index contributed by atoms with van der Waals surface area (Å²) in [4.78, 5) is 13.1. The molecule has 0 fully saturated rings. The van der Waals surface area contributed by atoms with Crippen molar-refractivity contribution < 1.29 is 0 Å². The first-order valence-electron chi connectivity index (χ1n) is 5.03. The monoisotopic (exact) mass is 233 g/mol. The Balaban J connectivity index is 2.56. The summed E-state index contributed by atoms with van der Waals surface area (Å²) in [6.07, 6.45) is 1.74. The summed E-state index contributed by atoms with van der Waals surface area (Å²) in [6.45, 7) is 3.92. The van der Waals surface area contributed by atoms with Crippen LogP contribution in [0, 0.1) is 13.8 Å². The molecular formula is C12H12ClN3. The van der Waals surface area contributed by atoms with Gasteiger partial charge in [0.15, 0.2) is 5.82 Å². The van der Waals surface area contributed by atoms with Crippen LogP contribution >= 0.6 is 11.6 Å². The Labute approximate surface area is 99.5 Å². The van der Waals surface area contributed by atoms with Crippen LogP contribution in [-0.4, -0.2) is 15.0 Å². The molecule has 2 aromatic heterocycles. The van der Waals surface area contributed by atoms with E-state index in [2.05, 4.69) is 15.0 Å². The molecule has 2 aromatic rings. The van der Waals surface area contributed by atoms with Gasteiger partial charge in [-0.15, -0.1) is 11.6 Å². The van der Waals surface area contributed by atoms with Gasteiger partial charge in [0.25, 0.3) is 0 Å². The quantitative estimate of drug-likeness (QED) is 0.749. The van der Waals surface area contributed by atoms with Gasteiger partial charge in [0.1, 0.15) is 5.69 Å². The molecular weight excluding hydrogens is 222 g/mol. The standard InChI is InChI=1S/C12H12ClN3/c1-8-4-3-5-14-11(8)12-15-9(2)6-10(7-13)16-12/h3-6H,7H2,1-2H3. The summed E-state index contributed by atoms with van der Waals surface area (Å²) in [6, 6.07) is 5.78. The molecule has 0 aliphatic carbocycles. The second kappa shape index (κ2) is 4.58. The van der Waals surface area contributed by atoms with E-state index in [0.717, 1.165) is 22.6 Å². The van der Waals surface area contributed by atoms with Crippen molar-refractivity contribution in [2.45, 2.75) is 19.7 Å². The Hall–Kier alpha value is -1.48. The van der Waals surface area contributed by atoms with E-state index < -0.39 is 0 Å². The van der Waals surface area contributed by atoms with Crippen LogP contribution in [0.1, 0.15) is 17.0 Å². The Morgan fingerprint density at radius 2 is 2.06 bits per heavy atom. The molecule has 0 radical (unpaired) electrons. The minimum absolute atomic E-state index is 0.391. The van der Waals surface area contributed by atoms with Crippen LogP contribution in [0.4, 0.5) is 0 Å². The lowest BCUT2D eigenvalue weighted by Gasteiger charge is -2.05. The van der Waals surface area contributed by atoms with Crippen LogP contribution in [0.25, 0.3) is 11.5 Å². The van der Waals surface area contributed by atoms with Crippen molar-refractivity contribution in [3.8, 4) is 11.5 Å². The molecule has 0 bridgehead atoms. The van der Waals surface area contributed by atoms with E-state index in [1.165, 1.54) is 0 Å². The summed E-state index contributed by atoms with van der Waals surface area (Å²) in [5.74, 6) is 1.04. The Morgan fingerprint density at radius 3 is 2.75 bits per heavy atom. The fraction of sp³-hybridized carbons (Fsp3) is 0.250. The predicted molar refractivity (Wildman–Crippen MR) is 64.3 cm³/mol. The Kier molecular flexibility index (Phi) is 3.15. The minimum Gasteiger partial charge on any atom is -0.253 e. The van der Waals surface area contributed by atoms with Gasteiger partial charge in [-0.1, -0.05) is 6.07 Å². The van der Waals surface area contributed by atoms with Gasteiger partial charge < -0.3 is 0 Å². The predicted octanol–water partition coefficient (Wildman–Crippen LogP) is 2.89. The molecule has 0 aliphatic heterocycles. The van der Waals surface area contributed by atoms with Crippen molar-refractivity contribution in [2.24, 2.45) is 0 Å². The fourth-order valence-corrected chi connectivity index (χ4v) is 1.66. The average Bonchev–Trinajstić information content (AvgIpc) is 2.28. The van der Waals surface area contributed by atoms with E-state index in [1.807, 2.05) is 32.0 Å². The molecule has 0 aromatic carbocycles. The van der Waals surface area contributed by atoms with Crippen molar-refractivity contribution in [1.82, 2.24) is 15.0 Å². The smallest absolute Gasteiger partial charge is 0.178 e. The van der Waals surface area contributed by atoms with E-state index in [4.69, 9.17) is 11.6 Å². The highest BCUT2D eigenvalue weighted by Gasteiger charge is 2.07. The third kappa shape index (κ3) is 2.19. The summed E-state index contributed by atoms with van der Waals surface area (Å²) in [5.41, 5.74) is 3.62. The Bertz CT molecular complexity index is 511.